The van der Waals surface area contributed by atoms with Crippen LogP contribution in [0.3, 0.4) is 0 Å². The van der Waals surface area contributed by atoms with Crippen molar-refractivity contribution >= 4 is 33.5 Å². The van der Waals surface area contributed by atoms with E-state index in [-0.39, 0.29) is 24.4 Å². The number of amides is 1. The number of pyridine rings is 1. The normalized spacial score (nSPS) is 11.2. The number of carbonyl (C=O) groups is 1. The standard InChI is InChI=1S/C24H20N6O2/c1-16-13-21(18-9-5-6-10-20(18)27-16)28-22(31)11-12-29-15-25-23-19(24(29)32)14-26-30(23)17-7-3-2-4-8-17/h2-10,13-15H,11-12H2,1H3,(H,27,28,31). The van der Waals surface area contributed by atoms with Gasteiger partial charge in [0.2, 0.25) is 5.91 Å². The quantitative estimate of drug-likeness (QED) is 0.466. The number of nitrogens with zero attached hydrogens (tertiary/aromatic N) is 5. The summed E-state index contributed by atoms with van der Waals surface area (Å²) in [6, 6.07) is 19.0. The molecule has 1 N–H and O–H groups in total. The zero-order valence-electron chi connectivity index (χ0n) is 17.4. The van der Waals surface area contributed by atoms with Gasteiger partial charge in [-0.1, -0.05) is 36.4 Å². The molecule has 8 heteroatoms. The van der Waals surface area contributed by atoms with E-state index in [1.165, 1.54) is 17.1 Å². The van der Waals surface area contributed by atoms with Crippen LogP contribution in [0.5, 0.6) is 0 Å². The topological polar surface area (TPSA) is 94.7 Å². The lowest BCUT2D eigenvalue weighted by Crippen LogP contribution is -2.23. The lowest BCUT2D eigenvalue weighted by molar-refractivity contribution is -0.116. The number of nitrogens with one attached hydrogen (secondary N) is 1. The van der Waals surface area contributed by atoms with Crippen molar-refractivity contribution in [3.8, 4) is 5.69 Å². The van der Waals surface area contributed by atoms with Crippen molar-refractivity contribution in [1.29, 1.82) is 0 Å². The van der Waals surface area contributed by atoms with E-state index in [1.807, 2.05) is 67.6 Å². The molecule has 0 aliphatic heterocycles. The highest BCUT2D eigenvalue weighted by Crippen LogP contribution is 2.23. The van der Waals surface area contributed by atoms with Crippen LogP contribution in [0.4, 0.5) is 5.69 Å². The number of aryl methyl sites for hydroxylation is 2. The number of anilines is 1. The second kappa shape index (κ2) is 8.07. The monoisotopic (exact) mass is 424 g/mol. The van der Waals surface area contributed by atoms with Crippen LogP contribution in [-0.4, -0.2) is 30.2 Å². The Morgan fingerprint density at radius 1 is 1.03 bits per heavy atom. The summed E-state index contributed by atoms with van der Waals surface area (Å²) in [7, 11) is 0. The van der Waals surface area contributed by atoms with Crippen molar-refractivity contribution in [3.05, 3.63) is 89.2 Å². The molecular formula is C24H20N6O2. The Balaban J connectivity index is 1.35. The van der Waals surface area contributed by atoms with Crippen LogP contribution >= 0.6 is 0 Å². The van der Waals surface area contributed by atoms with Gasteiger partial charge in [-0.05, 0) is 31.2 Å². The Morgan fingerprint density at radius 2 is 1.81 bits per heavy atom. The summed E-state index contributed by atoms with van der Waals surface area (Å²) in [6.45, 7) is 2.10. The van der Waals surface area contributed by atoms with Crippen LogP contribution < -0.4 is 10.9 Å². The highest BCUT2D eigenvalue weighted by atomic mass is 16.2. The molecule has 0 bridgehead atoms. The van der Waals surface area contributed by atoms with Crippen LogP contribution in [0.15, 0.2) is 78.0 Å². The minimum atomic E-state index is -0.227. The van der Waals surface area contributed by atoms with E-state index in [2.05, 4.69) is 20.4 Å². The van der Waals surface area contributed by atoms with Crippen molar-refractivity contribution in [2.24, 2.45) is 0 Å². The molecule has 8 nitrogen and oxygen atoms in total. The number of aromatic nitrogens is 5. The van der Waals surface area contributed by atoms with Gasteiger partial charge >= 0.3 is 0 Å². The number of carbonyl (C=O) groups excluding carboxylic acids is 1. The molecular weight excluding hydrogens is 404 g/mol. The summed E-state index contributed by atoms with van der Waals surface area (Å²) in [5.41, 5.74) is 3.44. The fourth-order valence-corrected chi connectivity index (χ4v) is 3.71. The van der Waals surface area contributed by atoms with Gasteiger partial charge in [-0.15, -0.1) is 0 Å². The van der Waals surface area contributed by atoms with E-state index < -0.39 is 0 Å². The van der Waals surface area contributed by atoms with Crippen LogP contribution in [0.1, 0.15) is 12.1 Å². The number of rotatable bonds is 5. The third-order valence-corrected chi connectivity index (χ3v) is 5.25. The fourth-order valence-electron chi connectivity index (χ4n) is 3.71. The summed E-state index contributed by atoms with van der Waals surface area (Å²) in [6.07, 6.45) is 3.11. The molecule has 5 aromatic rings. The number of hydrogen-bond donors (Lipinski definition) is 1. The third kappa shape index (κ3) is 3.62. The van der Waals surface area contributed by atoms with Gasteiger partial charge in [0.1, 0.15) is 5.39 Å². The van der Waals surface area contributed by atoms with E-state index in [0.29, 0.717) is 16.7 Å². The lowest BCUT2D eigenvalue weighted by atomic mass is 10.1. The molecule has 0 fully saturated rings. The maximum absolute atomic E-state index is 12.9. The predicted octanol–water partition coefficient (Wildman–Crippen LogP) is 3.47. The molecule has 158 valence electrons. The molecule has 5 rings (SSSR count). The number of para-hydroxylation sites is 2. The number of benzene rings is 2. The van der Waals surface area contributed by atoms with Gasteiger partial charge in [0.15, 0.2) is 5.65 Å². The van der Waals surface area contributed by atoms with E-state index in [4.69, 9.17) is 0 Å². The highest BCUT2D eigenvalue weighted by molar-refractivity contribution is 6.01. The van der Waals surface area contributed by atoms with Gasteiger partial charge in [-0.25, -0.2) is 9.67 Å². The Labute approximate surface area is 183 Å². The summed E-state index contributed by atoms with van der Waals surface area (Å²) in [4.78, 5) is 34.4. The number of fused-ring (bicyclic) bond motifs is 2. The van der Waals surface area contributed by atoms with E-state index in [9.17, 15) is 9.59 Å². The first-order chi connectivity index (χ1) is 15.6. The summed E-state index contributed by atoms with van der Waals surface area (Å²) >= 11 is 0. The van der Waals surface area contributed by atoms with Gasteiger partial charge in [0.05, 0.1) is 29.4 Å². The van der Waals surface area contributed by atoms with Gasteiger partial charge in [-0.2, -0.15) is 5.10 Å². The fraction of sp³-hybridized carbons (Fsp3) is 0.125. The first-order valence-corrected chi connectivity index (χ1v) is 10.2. The van der Waals surface area contributed by atoms with Crippen molar-refractivity contribution in [2.45, 2.75) is 19.9 Å². The Kier molecular flexibility index (Phi) is 4.95. The average molecular weight is 424 g/mol. The maximum Gasteiger partial charge on any atom is 0.264 e. The minimum Gasteiger partial charge on any atom is -0.325 e. The van der Waals surface area contributed by atoms with Crippen molar-refractivity contribution < 1.29 is 4.79 Å². The summed E-state index contributed by atoms with van der Waals surface area (Å²) in [5, 5.41) is 8.54. The molecule has 0 saturated carbocycles. The zero-order chi connectivity index (χ0) is 22.1. The molecule has 0 atom stereocenters. The van der Waals surface area contributed by atoms with Crippen LogP contribution in [0.25, 0.3) is 27.6 Å². The molecule has 3 aromatic heterocycles. The van der Waals surface area contributed by atoms with E-state index in [1.54, 1.807) is 4.68 Å². The zero-order valence-corrected chi connectivity index (χ0v) is 17.4. The molecule has 0 unspecified atom stereocenters. The van der Waals surface area contributed by atoms with Gasteiger partial charge in [0, 0.05) is 24.0 Å². The van der Waals surface area contributed by atoms with Crippen molar-refractivity contribution in [3.63, 3.8) is 0 Å². The van der Waals surface area contributed by atoms with Crippen LogP contribution in [-0.2, 0) is 11.3 Å². The van der Waals surface area contributed by atoms with Crippen LogP contribution in [0, 0.1) is 6.92 Å². The third-order valence-electron chi connectivity index (χ3n) is 5.25. The van der Waals surface area contributed by atoms with E-state index in [0.717, 1.165) is 22.3 Å². The van der Waals surface area contributed by atoms with E-state index >= 15 is 0 Å². The molecule has 32 heavy (non-hydrogen) atoms. The average Bonchev–Trinajstić information content (AvgIpc) is 3.24. The van der Waals surface area contributed by atoms with Crippen molar-refractivity contribution in [2.75, 3.05) is 5.32 Å². The Morgan fingerprint density at radius 3 is 2.66 bits per heavy atom. The molecule has 0 aliphatic carbocycles. The highest BCUT2D eigenvalue weighted by Gasteiger charge is 2.13. The second-order valence-electron chi connectivity index (χ2n) is 7.50. The lowest BCUT2D eigenvalue weighted by Gasteiger charge is -2.10. The Hall–Kier alpha value is -4.33. The molecule has 0 radical (unpaired) electrons. The second-order valence-corrected chi connectivity index (χ2v) is 7.50. The first-order valence-electron chi connectivity index (χ1n) is 10.2. The summed E-state index contributed by atoms with van der Waals surface area (Å²) < 4.78 is 3.07. The summed E-state index contributed by atoms with van der Waals surface area (Å²) in [5.74, 6) is -0.187. The Bertz CT molecular complexity index is 1500. The SMILES string of the molecule is Cc1cc(NC(=O)CCn2cnc3c(cnn3-c3ccccc3)c2=O)c2ccccc2n1. The molecule has 1 amide bonds. The maximum atomic E-state index is 12.9. The molecule has 0 spiro atoms. The molecule has 3 heterocycles. The first kappa shape index (κ1) is 19.6. The molecule has 0 aliphatic rings. The minimum absolute atomic E-state index is 0.135. The van der Waals surface area contributed by atoms with Crippen LogP contribution in [0.2, 0.25) is 0 Å². The van der Waals surface area contributed by atoms with Gasteiger partial charge < -0.3 is 5.32 Å². The molecule has 2 aromatic carbocycles. The van der Waals surface area contributed by atoms with Gasteiger partial charge in [-0.3, -0.25) is 19.1 Å². The molecule has 0 saturated heterocycles. The number of hydrogen-bond acceptors (Lipinski definition) is 5. The predicted molar refractivity (Wildman–Crippen MR) is 123 cm³/mol. The van der Waals surface area contributed by atoms with Gasteiger partial charge in [0.25, 0.3) is 5.56 Å². The van der Waals surface area contributed by atoms with Crippen molar-refractivity contribution in [1.82, 2.24) is 24.3 Å². The largest absolute Gasteiger partial charge is 0.325 e. The smallest absolute Gasteiger partial charge is 0.264 e.